The van der Waals surface area contributed by atoms with Crippen molar-refractivity contribution in [2.24, 2.45) is 7.05 Å². The second kappa shape index (κ2) is 10.3. The van der Waals surface area contributed by atoms with Crippen LogP contribution in [0.1, 0.15) is 49.0 Å². The van der Waals surface area contributed by atoms with Crippen LogP contribution in [-0.4, -0.2) is 39.7 Å². The van der Waals surface area contributed by atoms with Crippen LogP contribution < -0.4 is 20.9 Å². The fraction of sp³-hybridized carbons (Fsp3) is 0.407. The van der Waals surface area contributed by atoms with Crippen LogP contribution in [0, 0.1) is 11.3 Å². The standard InChI is InChI=1S/C27H31N5O4/c1-18(2)11-14-31-24-23(21(16-28)25(31)30-12-6-5-7-13-30)29(3)27(35)32(26(24)34)17-22(33)19-9-8-10-20(15-19)36-4/h8-11,15H,5-7,12-14,17H2,1-4H3. The highest BCUT2D eigenvalue weighted by atomic mass is 16.5. The number of anilines is 1. The monoisotopic (exact) mass is 489 g/mol. The Hall–Kier alpha value is -4.06. The number of methoxy groups -OCH3 is 1. The van der Waals surface area contributed by atoms with Crippen molar-refractivity contribution in [2.45, 2.75) is 46.2 Å². The number of nitriles is 1. The summed E-state index contributed by atoms with van der Waals surface area (Å²) in [5.74, 6) is 0.789. The van der Waals surface area contributed by atoms with E-state index >= 15 is 0 Å². The van der Waals surface area contributed by atoms with Crippen LogP contribution in [0.2, 0.25) is 0 Å². The fourth-order valence-corrected chi connectivity index (χ4v) is 4.79. The number of hydrogen-bond acceptors (Lipinski definition) is 6. The normalized spacial score (nSPS) is 13.5. The van der Waals surface area contributed by atoms with Crippen molar-refractivity contribution >= 4 is 22.6 Å². The van der Waals surface area contributed by atoms with E-state index in [4.69, 9.17) is 4.74 Å². The molecule has 0 radical (unpaired) electrons. The van der Waals surface area contributed by atoms with Crippen LogP contribution in [0.3, 0.4) is 0 Å². The molecule has 9 heteroatoms. The molecule has 0 N–H and O–H groups in total. The van der Waals surface area contributed by atoms with Crippen molar-refractivity contribution < 1.29 is 9.53 Å². The molecule has 3 aromatic rings. The first-order valence-corrected chi connectivity index (χ1v) is 12.1. The Kier molecular flexibility index (Phi) is 7.15. The molecule has 0 atom stereocenters. The molecule has 1 aliphatic rings. The number of carbonyl (C=O) groups is 1. The molecule has 0 amide bonds. The maximum absolute atomic E-state index is 13.8. The van der Waals surface area contributed by atoms with Crippen LogP contribution in [0.15, 0.2) is 45.5 Å². The van der Waals surface area contributed by atoms with Gasteiger partial charge in [0.25, 0.3) is 5.56 Å². The number of aryl methyl sites for hydroxylation is 1. The summed E-state index contributed by atoms with van der Waals surface area (Å²) in [7, 11) is 3.05. The lowest BCUT2D eigenvalue weighted by atomic mass is 10.1. The van der Waals surface area contributed by atoms with Crippen molar-refractivity contribution in [3.8, 4) is 11.8 Å². The molecule has 0 aliphatic carbocycles. The number of hydrogen-bond donors (Lipinski definition) is 0. The lowest BCUT2D eigenvalue weighted by Gasteiger charge is -2.30. The molecule has 1 saturated heterocycles. The summed E-state index contributed by atoms with van der Waals surface area (Å²) in [6, 6.07) is 8.87. The molecular weight excluding hydrogens is 458 g/mol. The van der Waals surface area contributed by atoms with Gasteiger partial charge in [-0.25, -0.2) is 4.79 Å². The Morgan fingerprint density at radius 2 is 1.83 bits per heavy atom. The van der Waals surface area contributed by atoms with Gasteiger partial charge in [0.2, 0.25) is 0 Å². The summed E-state index contributed by atoms with van der Waals surface area (Å²) in [4.78, 5) is 42.4. The van der Waals surface area contributed by atoms with E-state index in [1.54, 1.807) is 31.3 Å². The van der Waals surface area contributed by atoms with E-state index in [0.717, 1.165) is 42.5 Å². The average Bonchev–Trinajstić information content (AvgIpc) is 3.23. The van der Waals surface area contributed by atoms with Gasteiger partial charge in [0, 0.05) is 32.2 Å². The lowest BCUT2D eigenvalue weighted by Crippen LogP contribution is -2.41. The minimum Gasteiger partial charge on any atom is -0.497 e. The quantitative estimate of drug-likeness (QED) is 0.373. The molecule has 1 fully saturated rings. The number of ketones is 1. The molecule has 1 aromatic carbocycles. The van der Waals surface area contributed by atoms with Crippen LogP contribution in [-0.2, 0) is 20.1 Å². The van der Waals surface area contributed by atoms with Crippen LogP contribution in [0.25, 0.3) is 11.0 Å². The molecule has 36 heavy (non-hydrogen) atoms. The van der Waals surface area contributed by atoms with Crippen molar-refractivity contribution in [1.82, 2.24) is 13.7 Å². The Morgan fingerprint density at radius 1 is 1.11 bits per heavy atom. The summed E-state index contributed by atoms with van der Waals surface area (Å²) in [5.41, 5.74) is 1.08. The summed E-state index contributed by atoms with van der Waals surface area (Å²) in [6.45, 7) is 5.45. The van der Waals surface area contributed by atoms with Gasteiger partial charge in [-0.1, -0.05) is 23.8 Å². The second-order valence-electron chi connectivity index (χ2n) is 9.34. The van der Waals surface area contributed by atoms with E-state index in [0.29, 0.717) is 34.8 Å². The van der Waals surface area contributed by atoms with Gasteiger partial charge in [-0.15, -0.1) is 0 Å². The zero-order valence-corrected chi connectivity index (χ0v) is 21.2. The van der Waals surface area contributed by atoms with Crippen molar-refractivity contribution in [3.63, 3.8) is 0 Å². The Labute approximate surface area is 209 Å². The molecule has 2 aromatic heterocycles. The zero-order valence-electron chi connectivity index (χ0n) is 21.2. The number of ether oxygens (including phenoxy) is 1. The third kappa shape index (κ3) is 4.47. The molecule has 0 bridgehead atoms. The van der Waals surface area contributed by atoms with Gasteiger partial charge in [0.1, 0.15) is 28.7 Å². The van der Waals surface area contributed by atoms with Gasteiger partial charge in [-0.3, -0.25) is 18.7 Å². The first-order valence-electron chi connectivity index (χ1n) is 12.1. The average molecular weight is 490 g/mol. The van der Waals surface area contributed by atoms with Gasteiger partial charge < -0.3 is 14.2 Å². The van der Waals surface area contributed by atoms with Gasteiger partial charge >= 0.3 is 5.69 Å². The van der Waals surface area contributed by atoms with E-state index in [9.17, 15) is 19.6 Å². The highest BCUT2D eigenvalue weighted by Gasteiger charge is 2.28. The van der Waals surface area contributed by atoms with E-state index in [1.165, 1.54) is 11.7 Å². The van der Waals surface area contributed by atoms with Crippen LogP contribution in [0.4, 0.5) is 5.82 Å². The smallest absolute Gasteiger partial charge is 0.331 e. The second-order valence-corrected chi connectivity index (χ2v) is 9.34. The highest BCUT2D eigenvalue weighted by molar-refractivity contribution is 5.96. The van der Waals surface area contributed by atoms with Gasteiger partial charge in [0.15, 0.2) is 5.78 Å². The predicted octanol–water partition coefficient (Wildman–Crippen LogP) is 3.22. The first kappa shape index (κ1) is 25.0. The van der Waals surface area contributed by atoms with Crippen molar-refractivity contribution in [3.05, 3.63) is 67.9 Å². The summed E-state index contributed by atoms with van der Waals surface area (Å²) < 4.78 is 9.31. The van der Waals surface area contributed by atoms with Crippen LogP contribution in [0.5, 0.6) is 5.75 Å². The fourth-order valence-electron chi connectivity index (χ4n) is 4.79. The maximum atomic E-state index is 13.8. The maximum Gasteiger partial charge on any atom is 0.331 e. The highest BCUT2D eigenvalue weighted by Crippen LogP contribution is 2.32. The van der Waals surface area contributed by atoms with Gasteiger partial charge in [-0.2, -0.15) is 5.26 Å². The summed E-state index contributed by atoms with van der Waals surface area (Å²) in [6.07, 6.45) is 5.09. The molecule has 188 valence electrons. The van der Waals surface area contributed by atoms with E-state index in [2.05, 4.69) is 11.0 Å². The third-order valence-electron chi connectivity index (χ3n) is 6.65. The Balaban J connectivity index is 1.96. The molecule has 3 heterocycles. The molecule has 4 rings (SSSR count). The summed E-state index contributed by atoms with van der Waals surface area (Å²) >= 11 is 0. The number of allylic oxidation sites excluding steroid dienone is 2. The minimum absolute atomic E-state index is 0.255. The van der Waals surface area contributed by atoms with Gasteiger partial charge in [0.05, 0.1) is 19.2 Å². The Morgan fingerprint density at radius 3 is 2.47 bits per heavy atom. The number of rotatable bonds is 7. The van der Waals surface area contributed by atoms with Crippen LogP contribution >= 0.6 is 0 Å². The molecule has 1 aliphatic heterocycles. The van der Waals surface area contributed by atoms with Gasteiger partial charge in [-0.05, 0) is 45.2 Å². The zero-order chi connectivity index (χ0) is 26.0. The van der Waals surface area contributed by atoms with E-state index in [-0.39, 0.29) is 11.3 Å². The molecule has 0 saturated carbocycles. The molecular formula is C27H31N5O4. The summed E-state index contributed by atoms with van der Waals surface area (Å²) in [5, 5.41) is 10.2. The lowest BCUT2D eigenvalue weighted by molar-refractivity contribution is 0.0968. The number of nitrogens with zero attached hydrogens (tertiary/aromatic N) is 5. The molecule has 0 unspecified atom stereocenters. The Bertz CT molecular complexity index is 1510. The first-order chi connectivity index (χ1) is 17.3. The predicted molar refractivity (Wildman–Crippen MR) is 139 cm³/mol. The topological polar surface area (TPSA) is 102 Å². The largest absolute Gasteiger partial charge is 0.497 e. The van der Waals surface area contributed by atoms with Crippen molar-refractivity contribution in [2.75, 3.05) is 25.1 Å². The van der Waals surface area contributed by atoms with Crippen molar-refractivity contribution in [1.29, 1.82) is 5.26 Å². The number of aromatic nitrogens is 3. The molecule has 9 nitrogen and oxygen atoms in total. The van der Waals surface area contributed by atoms with E-state index < -0.39 is 17.8 Å². The number of Topliss-reactive ketones (excluding diaryl/α,β-unsaturated/α-hetero) is 1. The third-order valence-corrected chi connectivity index (χ3v) is 6.65. The molecule has 0 spiro atoms. The number of fused-ring (bicyclic) bond motifs is 1. The minimum atomic E-state index is -0.634. The number of piperidine rings is 1. The number of carbonyl (C=O) groups excluding carboxylic acids is 1. The SMILES string of the molecule is COc1cccc(C(=O)Cn2c(=O)c3c(c(C#N)c(N4CCCCC4)n3CC=C(C)C)n(C)c2=O)c1. The number of benzene rings is 1. The van der Waals surface area contributed by atoms with E-state index in [1.807, 2.05) is 24.5 Å².